The van der Waals surface area contributed by atoms with Crippen molar-refractivity contribution in [1.29, 1.82) is 0 Å². The van der Waals surface area contributed by atoms with Crippen molar-refractivity contribution in [3.05, 3.63) is 103 Å². The molecule has 3 aromatic carbocycles. The normalized spacial score (nSPS) is 27.2. The van der Waals surface area contributed by atoms with Gasteiger partial charge < -0.3 is 38.9 Å². The number of oxime groups is 1. The minimum Gasteiger partial charge on any atom is -0.459 e. The molecule has 1 unspecified atom stereocenters. The van der Waals surface area contributed by atoms with Crippen LogP contribution in [0.2, 0.25) is 0 Å². The quantitative estimate of drug-likeness (QED) is 0.0655. The van der Waals surface area contributed by atoms with Gasteiger partial charge in [0.25, 0.3) is 0 Å². The Labute approximate surface area is 374 Å². The number of hydrogen-bond acceptors (Lipinski definition) is 9. The Hall–Kier alpha value is -4.48. The molecule has 3 aromatic rings. The van der Waals surface area contributed by atoms with E-state index in [1.807, 2.05) is 54.4 Å². The van der Waals surface area contributed by atoms with Crippen molar-refractivity contribution in [3.63, 3.8) is 0 Å². The Morgan fingerprint density at radius 3 is 2.35 bits per heavy atom. The maximum absolute atomic E-state index is 14.5. The van der Waals surface area contributed by atoms with Crippen molar-refractivity contribution in [2.45, 2.75) is 127 Å². The van der Waals surface area contributed by atoms with E-state index in [9.17, 15) is 15.0 Å². The Morgan fingerprint density at radius 1 is 0.889 bits per heavy atom. The van der Waals surface area contributed by atoms with Crippen LogP contribution in [0.25, 0.3) is 11.1 Å². The summed E-state index contributed by atoms with van der Waals surface area (Å²) < 4.78 is 27.1. The van der Waals surface area contributed by atoms with Crippen LogP contribution in [-0.2, 0) is 19.1 Å². The minimum absolute atomic E-state index is 0.0713. The van der Waals surface area contributed by atoms with Crippen molar-refractivity contribution >= 4 is 11.6 Å². The first kappa shape index (κ1) is 45.1. The van der Waals surface area contributed by atoms with E-state index in [-0.39, 0.29) is 49.4 Å². The summed E-state index contributed by atoms with van der Waals surface area (Å²) in [5.74, 6) is 1.23. The molecule has 7 atom stereocenters. The van der Waals surface area contributed by atoms with E-state index in [1.165, 1.54) is 25.7 Å². The second-order valence-corrected chi connectivity index (χ2v) is 18.4. The number of amides is 1. The van der Waals surface area contributed by atoms with Gasteiger partial charge in [-0.2, -0.15) is 0 Å². The lowest BCUT2D eigenvalue weighted by molar-refractivity contribution is -0.256. The molecule has 0 bridgehead atoms. The van der Waals surface area contributed by atoms with Gasteiger partial charge in [-0.25, -0.2) is 0 Å². The SMILES string of the molecule is C=CCO[C@@]12Oc3ccc(Oc4ccc(-c5ccccc5)cc4)cc3[C@H]3[C@H](CCCCO)[C@@H](CCCCO)C=C(C(=NOC4CCCCO4)C[C@@H]1N(C)C(=O)CCC1CCCC1)[C@H]32. The van der Waals surface area contributed by atoms with Crippen LogP contribution in [0.4, 0.5) is 0 Å². The number of fused-ring (bicyclic) bond motifs is 2. The van der Waals surface area contributed by atoms with E-state index in [0.717, 1.165) is 85.1 Å². The topological polar surface area (TPSA) is 119 Å². The molecule has 63 heavy (non-hydrogen) atoms. The number of ether oxygens (including phenoxy) is 4. The molecule has 1 amide bonds. The van der Waals surface area contributed by atoms with Crippen molar-refractivity contribution < 1.29 is 38.8 Å². The highest BCUT2D eigenvalue weighted by molar-refractivity contribution is 6.03. The highest BCUT2D eigenvalue weighted by Crippen LogP contribution is 2.62. The highest BCUT2D eigenvalue weighted by Gasteiger charge is 2.65. The number of likely N-dealkylation sites (N-methyl/N-ethyl adjacent to an activating group) is 1. The first-order chi connectivity index (χ1) is 30.9. The molecule has 5 aliphatic rings. The molecule has 2 N–H and O–H groups in total. The molecule has 2 saturated carbocycles. The number of aliphatic hydroxyl groups excluding tert-OH is 2. The highest BCUT2D eigenvalue weighted by atomic mass is 16.8. The summed E-state index contributed by atoms with van der Waals surface area (Å²) in [6.45, 7) is 5.19. The van der Waals surface area contributed by atoms with Crippen LogP contribution in [0, 0.1) is 23.7 Å². The predicted octanol–water partition coefficient (Wildman–Crippen LogP) is 10.7. The first-order valence-electron chi connectivity index (χ1n) is 23.9. The summed E-state index contributed by atoms with van der Waals surface area (Å²) in [6.07, 6.45) is 17.9. The number of unbranched alkanes of at least 4 members (excludes halogenated alkanes) is 2. The number of hydrogen-bond donors (Lipinski definition) is 2. The van der Waals surface area contributed by atoms with Gasteiger partial charge >= 0.3 is 0 Å². The van der Waals surface area contributed by atoms with Gasteiger partial charge in [-0.1, -0.05) is 98.3 Å². The molecule has 10 nitrogen and oxygen atoms in total. The van der Waals surface area contributed by atoms with Gasteiger partial charge in [-0.05, 0) is 110 Å². The number of allylic oxidation sites excluding steroid dienone is 1. The Kier molecular flexibility index (Phi) is 15.4. The lowest BCUT2D eigenvalue weighted by atomic mass is 9.55. The number of carbonyl (C=O) groups excluding carboxylic acids is 1. The molecular formula is C53H68N2O8. The van der Waals surface area contributed by atoms with Crippen LogP contribution in [0.15, 0.2) is 102 Å². The fraction of sp³-hybridized carbons (Fsp3) is 0.547. The number of rotatable bonds is 20. The molecule has 2 heterocycles. The van der Waals surface area contributed by atoms with Crippen LogP contribution in [0.3, 0.4) is 0 Å². The Balaban J connectivity index is 1.24. The van der Waals surface area contributed by atoms with E-state index < -0.39 is 18.1 Å². The van der Waals surface area contributed by atoms with E-state index in [0.29, 0.717) is 49.7 Å². The lowest BCUT2D eigenvalue weighted by Gasteiger charge is -2.59. The first-order valence-corrected chi connectivity index (χ1v) is 23.9. The van der Waals surface area contributed by atoms with Gasteiger partial charge in [0.1, 0.15) is 23.3 Å². The third-order valence-corrected chi connectivity index (χ3v) is 14.4. The second kappa shape index (κ2) is 21.5. The van der Waals surface area contributed by atoms with E-state index in [2.05, 4.69) is 43.0 Å². The van der Waals surface area contributed by atoms with Gasteiger partial charge in [0.15, 0.2) is 0 Å². The molecule has 338 valence electrons. The van der Waals surface area contributed by atoms with Crippen molar-refractivity contribution in [1.82, 2.24) is 4.90 Å². The Morgan fingerprint density at radius 2 is 1.62 bits per heavy atom. The van der Waals surface area contributed by atoms with Crippen molar-refractivity contribution in [2.24, 2.45) is 28.8 Å². The molecule has 1 saturated heterocycles. The number of aliphatic hydroxyl groups is 2. The van der Waals surface area contributed by atoms with E-state index >= 15 is 0 Å². The van der Waals surface area contributed by atoms with Gasteiger partial charge in [0, 0.05) is 51.0 Å². The monoisotopic (exact) mass is 860 g/mol. The third-order valence-electron chi connectivity index (χ3n) is 14.4. The second-order valence-electron chi connectivity index (χ2n) is 18.4. The fourth-order valence-corrected chi connectivity index (χ4v) is 11.2. The molecule has 2 aliphatic heterocycles. The summed E-state index contributed by atoms with van der Waals surface area (Å²) in [7, 11) is 1.91. The van der Waals surface area contributed by atoms with Gasteiger partial charge in [0.2, 0.25) is 18.0 Å². The van der Waals surface area contributed by atoms with Gasteiger partial charge in [-0.15, -0.1) is 6.58 Å². The fourth-order valence-electron chi connectivity index (χ4n) is 11.2. The summed E-state index contributed by atoms with van der Waals surface area (Å²) in [5.41, 5.74) is 5.09. The summed E-state index contributed by atoms with van der Waals surface area (Å²) in [6, 6.07) is 24.1. The molecule has 8 rings (SSSR count). The summed E-state index contributed by atoms with van der Waals surface area (Å²) in [5, 5.41) is 24.9. The molecule has 0 spiro atoms. The molecule has 10 heteroatoms. The predicted molar refractivity (Wildman–Crippen MR) is 246 cm³/mol. The minimum atomic E-state index is -1.28. The van der Waals surface area contributed by atoms with E-state index in [1.54, 1.807) is 6.08 Å². The summed E-state index contributed by atoms with van der Waals surface area (Å²) >= 11 is 0. The van der Waals surface area contributed by atoms with Crippen molar-refractivity contribution in [2.75, 3.05) is 33.5 Å². The zero-order chi connectivity index (χ0) is 43.6. The molecule has 0 aromatic heterocycles. The van der Waals surface area contributed by atoms with Crippen LogP contribution >= 0.6 is 0 Å². The van der Waals surface area contributed by atoms with Crippen LogP contribution in [0.1, 0.15) is 114 Å². The van der Waals surface area contributed by atoms with Crippen LogP contribution < -0.4 is 9.47 Å². The number of carbonyl (C=O) groups is 1. The van der Waals surface area contributed by atoms with Crippen LogP contribution in [0.5, 0.6) is 17.2 Å². The smallest absolute Gasteiger partial charge is 0.239 e. The third kappa shape index (κ3) is 10.3. The van der Waals surface area contributed by atoms with Gasteiger partial charge in [0.05, 0.1) is 24.8 Å². The summed E-state index contributed by atoms with van der Waals surface area (Å²) in [4.78, 5) is 22.6. The maximum Gasteiger partial charge on any atom is 0.239 e. The molecule has 3 fully saturated rings. The molecular weight excluding hydrogens is 793 g/mol. The Bertz CT molecular complexity index is 2020. The lowest BCUT2D eigenvalue weighted by Crippen LogP contribution is -2.69. The zero-order valence-corrected chi connectivity index (χ0v) is 37.2. The average Bonchev–Trinajstić information content (AvgIpc) is 3.85. The standard InChI is InChI=1S/C53H68N2O8/c1-3-32-60-53-48(55(2)49(58)29-22-37-15-7-8-16-37)36-46(54-63-50-21-11-14-33-59-50)44-34-40(19-9-12-30-56)43(20-10-13-31-57)51(52(44)53)45-35-42(27-28-47(45)62-53)61-41-25-23-39(24-26-41)38-17-5-4-6-18-38/h3-6,17-18,23-28,34-35,37,40,43,48,50-52,56-57H,1,7-16,19-22,29-33,36H2,2H3/t40-,43+,48-,50?,51+,52+,53+/m0/s1. The van der Waals surface area contributed by atoms with Crippen LogP contribution in [-0.4, -0.2) is 78.3 Å². The van der Waals surface area contributed by atoms with Crippen molar-refractivity contribution in [3.8, 4) is 28.4 Å². The maximum atomic E-state index is 14.5. The number of benzene rings is 3. The zero-order valence-electron chi connectivity index (χ0n) is 37.2. The van der Waals surface area contributed by atoms with E-state index in [4.69, 9.17) is 28.9 Å². The molecule has 0 radical (unpaired) electrons. The molecule has 3 aliphatic carbocycles. The largest absolute Gasteiger partial charge is 0.459 e. The average molecular weight is 861 g/mol. The number of nitrogens with zero attached hydrogens (tertiary/aromatic N) is 2. The van der Waals surface area contributed by atoms with Gasteiger partial charge in [-0.3, -0.25) is 4.79 Å².